The van der Waals surface area contributed by atoms with Gasteiger partial charge in [-0.2, -0.15) is 0 Å². The zero-order chi connectivity index (χ0) is 10.8. The van der Waals surface area contributed by atoms with E-state index in [4.69, 9.17) is 5.84 Å². The molecule has 0 saturated heterocycles. The molecule has 0 aromatic carbocycles. The first kappa shape index (κ1) is 11.1. The van der Waals surface area contributed by atoms with Gasteiger partial charge in [0.25, 0.3) is 0 Å². The first-order valence-electron chi connectivity index (χ1n) is 5.73. The lowest BCUT2D eigenvalue weighted by Gasteiger charge is -2.28. The van der Waals surface area contributed by atoms with Crippen LogP contribution in [0.15, 0.2) is 6.07 Å². The zero-order valence-corrected chi connectivity index (χ0v) is 10.4. The number of aryl methyl sites for hydroxylation is 2. The van der Waals surface area contributed by atoms with Gasteiger partial charge in [0.2, 0.25) is 0 Å². The van der Waals surface area contributed by atoms with Gasteiger partial charge in [0.05, 0.1) is 6.04 Å². The molecule has 1 aliphatic carbocycles. The predicted molar refractivity (Wildman–Crippen MR) is 65.8 cm³/mol. The van der Waals surface area contributed by atoms with Crippen molar-refractivity contribution >= 4 is 11.3 Å². The molecule has 1 unspecified atom stereocenters. The number of rotatable bonds is 4. The quantitative estimate of drug-likeness (QED) is 0.609. The lowest BCUT2D eigenvalue weighted by molar-refractivity contribution is 0.263. The molecular formula is C12H20N2S. The highest BCUT2D eigenvalue weighted by molar-refractivity contribution is 7.12. The number of hydrazine groups is 1. The summed E-state index contributed by atoms with van der Waals surface area (Å²) in [6.45, 7) is 4.35. The Morgan fingerprint density at radius 2 is 2.27 bits per heavy atom. The second-order valence-electron chi connectivity index (χ2n) is 4.64. The van der Waals surface area contributed by atoms with Gasteiger partial charge in [-0.05, 0) is 37.8 Å². The number of nitrogens with two attached hydrogens (primary N) is 1. The van der Waals surface area contributed by atoms with Crippen molar-refractivity contribution in [3.05, 3.63) is 21.4 Å². The minimum atomic E-state index is 0.368. The zero-order valence-electron chi connectivity index (χ0n) is 9.55. The van der Waals surface area contributed by atoms with Crippen LogP contribution in [0.25, 0.3) is 0 Å². The molecule has 3 N–H and O–H groups in total. The topological polar surface area (TPSA) is 38.0 Å². The Morgan fingerprint density at radius 3 is 2.67 bits per heavy atom. The molecule has 0 spiro atoms. The van der Waals surface area contributed by atoms with Crippen LogP contribution in [0.2, 0.25) is 0 Å². The minimum Gasteiger partial charge on any atom is -0.271 e. The predicted octanol–water partition coefficient (Wildman–Crippen LogP) is 3.06. The van der Waals surface area contributed by atoms with E-state index in [9.17, 15) is 0 Å². The highest BCUT2D eigenvalue weighted by atomic mass is 32.1. The van der Waals surface area contributed by atoms with Gasteiger partial charge in [0.15, 0.2) is 0 Å². The smallest absolute Gasteiger partial charge is 0.0556 e. The van der Waals surface area contributed by atoms with Gasteiger partial charge in [0.1, 0.15) is 0 Å². The van der Waals surface area contributed by atoms with Crippen molar-refractivity contribution < 1.29 is 0 Å². The molecule has 1 fully saturated rings. The maximum atomic E-state index is 5.65. The molecule has 1 aliphatic rings. The van der Waals surface area contributed by atoms with Gasteiger partial charge in [-0.25, -0.2) is 0 Å². The van der Waals surface area contributed by atoms with E-state index in [-0.39, 0.29) is 0 Å². The fourth-order valence-corrected chi connectivity index (χ4v) is 3.22. The van der Waals surface area contributed by atoms with Crippen molar-refractivity contribution in [1.82, 2.24) is 5.43 Å². The van der Waals surface area contributed by atoms with Crippen LogP contribution in [-0.4, -0.2) is 0 Å². The van der Waals surface area contributed by atoms with Gasteiger partial charge in [-0.3, -0.25) is 11.3 Å². The third-order valence-corrected chi connectivity index (χ3v) is 4.79. The number of hydrogen-bond donors (Lipinski definition) is 2. The molecular weight excluding hydrogens is 204 g/mol. The number of nitrogens with one attached hydrogen (secondary N) is 1. The summed E-state index contributed by atoms with van der Waals surface area (Å²) in [6.07, 6.45) is 5.39. The van der Waals surface area contributed by atoms with Crippen LogP contribution in [-0.2, 0) is 0 Å². The van der Waals surface area contributed by atoms with E-state index in [1.54, 1.807) is 0 Å². The summed E-state index contributed by atoms with van der Waals surface area (Å²) >= 11 is 1.88. The maximum absolute atomic E-state index is 5.65. The molecule has 1 heterocycles. The second kappa shape index (κ2) is 4.64. The van der Waals surface area contributed by atoms with E-state index >= 15 is 0 Å². The Kier molecular flexibility index (Phi) is 3.44. The fraction of sp³-hybridized carbons (Fsp3) is 0.667. The van der Waals surface area contributed by atoms with Crippen LogP contribution in [0.4, 0.5) is 0 Å². The molecule has 2 rings (SSSR count). The van der Waals surface area contributed by atoms with Gasteiger partial charge in [-0.1, -0.05) is 19.3 Å². The third-order valence-electron chi connectivity index (χ3n) is 3.52. The molecule has 1 saturated carbocycles. The Morgan fingerprint density at radius 1 is 1.53 bits per heavy atom. The van der Waals surface area contributed by atoms with Crippen molar-refractivity contribution in [3.63, 3.8) is 0 Å². The molecule has 0 bridgehead atoms. The highest BCUT2D eigenvalue weighted by Gasteiger charge is 2.23. The summed E-state index contributed by atoms with van der Waals surface area (Å²) in [5.74, 6) is 6.54. The van der Waals surface area contributed by atoms with E-state index in [1.807, 2.05) is 11.3 Å². The van der Waals surface area contributed by atoms with Crippen LogP contribution in [0.5, 0.6) is 0 Å². The SMILES string of the molecule is Cc1cc(C(CC2CCC2)NN)sc1C. The van der Waals surface area contributed by atoms with Crippen LogP contribution in [0.1, 0.15) is 47.0 Å². The Hall–Kier alpha value is -0.380. The van der Waals surface area contributed by atoms with E-state index in [0.29, 0.717) is 6.04 Å². The van der Waals surface area contributed by atoms with Crippen molar-refractivity contribution in [1.29, 1.82) is 0 Å². The molecule has 0 radical (unpaired) electrons. The third kappa shape index (κ3) is 2.41. The molecule has 0 amide bonds. The lowest BCUT2D eigenvalue weighted by atomic mass is 9.80. The van der Waals surface area contributed by atoms with Gasteiger partial charge < -0.3 is 0 Å². The molecule has 1 aromatic heterocycles. The van der Waals surface area contributed by atoms with E-state index in [0.717, 1.165) is 5.92 Å². The monoisotopic (exact) mass is 224 g/mol. The van der Waals surface area contributed by atoms with Crippen molar-refractivity contribution in [2.75, 3.05) is 0 Å². The minimum absolute atomic E-state index is 0.368. The summed E-state index contributed by atoms with van der Waals surface area (Å²) in [6, 6.07) is 2.65. The Bertz CT molecular complexity index is 309. The molecule has 3 heteroatoms. The van der Waals surface area contributed by atoms with Gasteiger partial charge in [0, 0.05) is 9.75 Å². The lowest BCUT2D eigenvalue weighted by Crippen LogP contribution is -2.30. The summed E-state index contributed by atoms with van der Waals surface area (Å²) < 4.78 is 0. The molecule has 84 valence electrons. The fourth-order valence-electron chi connectivity index (χ4n) is 2.10. The molecule has 1 aromatic rings. The van der Waals surface area contributed by atoms with Crippen LogP contribution in [0, 0.1) is 19.8 Å². The van der Waals surface area contributed by atoms with Crippen LogP contribution < -0.4 is 11.3 Å². The summed E-state index contributed by atoms with van der Waals surface area (Å²) in [4.78, 5) is 2.82. The highest BCUT2D eigenvalue weighted by Crippen LogP contribution is 2.36. The van der Waals surface area contributed by atoms with Gasteiger partial charge in [-0.15, -0.1) is 11.3 Å². The van der Waals surface area contributed by atoms with Crippen LogP contribution >= 0.6 is 11.3 Å². The largest absolute Gasteiger partial charge is 0.271 e. The van der Waals surface area contributed by atoms with Crippen molar-refractivity contribution in [2.45, 2.75) is 45.6 Å². The number of hydrogen-bond acceptors (Lipinski definition) is 3. The second-order valence-corrected chi connectivity index (χ2v) is 5.93. The summed E-state index contributed by atoms with van der Waals surface area (Å²) in [7, 11) is 0. The first-order chi connectivity index (χ1) is 7.20. The summed E-state index contributed by atoms with van der Waals surface area (Å²) in [5.41, 5.74) is 4.36. The van der Waals surface area contributed by atoms with E-state index < -0.39 is 0 Å². The van der Waals surface area contributed by atoms with Crippen molar-refractivity contribution in [2.24, 2.45) is 11.8 Å². The average Bonchev–Trinajstić information content (AvgIpc) is 2.45. The van der Waals surface area contributed by atoms with E-state index in [1.165, 1.54) is 41.0 Å². The molecule has 1 atom stereocenters. The Labute approximate surface area is 95.8 Å². The van der Waals surface area contributed by atoms with Gasteiger partial charge >= 0.3 is 0 Å². The molecule has 15 heavy (non-hydrogen) atoms. The Balaban J connectivity index is 2.04. The average molecular weight is 224 g/mol. The molecule has 0 aliphatic heterocycles. The standard InChI is InChI=1S/C12H20N2S/c1-8-6-12(15-9(8)2)11(14-13)7-10-4-3-5-10/h6,10-11,14H,3-5,7,13H2,1-2H3. The number of thiophene rings is 1. The van der Waals surface area contributed by atoms with Crippen molar-refractivity contribution in [3.8, 4) is 0 Å². The first-order valence-corrected chi connectivity index (χ1v) is 6.55. The normalized spacial score (nSPS) is 18.9. The van der Waals surface area contributed by atoms with Crippen LogP contribution in [0.3, 0.4) is 0 Å². The summed E-state index contributed by atoms with van der Waals surface area (Å²) in [5, 5.41) is 0. The molecule has 2 nitrogen and oxygen atoms in total. The van der Waals surface area contributed by atoms with E-state index in [2.05, 4.69) is 25.3 Å². The maximum Gasteiger partial charge on any atom is 0.0556 e.